The number of carbonyl (C=O) groups is 1. The van der Waals surface area contributed by atoms with E-state index >= 15 is 0 Å². The fraction of sp³-hybridized carbons (Fsp3) is 0.609. The van der Waals surface area contributed by atoms with Crippen LogP contribution in [0.5, 0.6) is 0 Å². The Morgan fingerprint density at radius 1 is 1.22 bits per heavy atom. The molecule has 2 N–H and O–H groups in total. The lowest BCUT2D eigenvalue weighted by molar-refractivity contribution is -0.154. The largest absolute Gasteiger partial charge is 0.394 e. The SMILES string of the molecule is C/C=C/c1ccc([C@H]2[C@@H](CO)N(C(=O)C3CCCC3)[C@H]2CNCCC)cc1. The third-order valence-corrected chi connectivity index (χ3v) is 6.15. The molecule has 3 atom stereocenters. The minimum absolute atomic E-state index is 0.0318. The second-order valence-electron chi connectivity index (χ2n) is 7.94. The van der Waals surface area contributed by atoms with Crippen molar-refractivity contribution in [3.63, 3.8) is 0 Å². The zero-order chi connectivity index (χ0) is 19.2. The molecule has 1 aliphatic carbocycles. The first-order chi connectivity index (χ1) is 13.2. The van der Waals surface area contributed by atoms with Crippen molar-refractivity contribution in [2.75, 3.05) is 19.7 Å². The highest BCUT2D eigenvalue weighted by Gasteiger charge is 2.51. The zero-order valence-electron chi connectivity index (χ0n) is 16.7. The molecule has 3 rings (SSSR count). The molecule has 2 fully saturated rings. The average molecular weight is 371 g/mol. The first-order valence-corrected chi connectivity index (χ1v) is 10.6. The number of hydrogen-bond acceptors (Lipinski definition) is 3. The number of rotatable bonds is 8. The van der Waals surface area contributed by atoms with Gasteiger partial charge in [-0.3, -0.25) is 4.79 Å². The molecule has 1 saturated carbocycles. The first kappa shape index (κ1) is 20.1. The Morgan fingerprint density at radius 3 is 2.52 bits per heavy atom. The van der Waals surface area contributed by atoms with Gasteiger partial charge in [-0.2, -0.15) is 0 Å². The van der Waals surface area contributed by atoms with Gasteiger partial charge in [0, 0.05) is 18.4 Å². The molecule has 1 aliphatic heterocycles. The van der Waals surface area contributed by atoms with E-state index < -0.39 is 0 Å². The van der Waals surface area contributed by atoms with Crippen LogP contribution in [-0.4, -0.2) is 47.7 Å². The Hall–Kier alpha value is -1.65. The summed E-state index contributed by atoms with van der Waals surface area (Å²) in [5, 5.41) is 13.6. The van der Waals surface area contributed by atoms with Gasteiger partial charge in [-0.05, 0) is 43.9 Å². The van der Waals surface area contributed by atoms with E-state index in [1.165, 1.54) is 11.1 Å². The van der Waals surface area contributed by atoms with Crippen molar-refractivity contribution in [2.24, 2.45) is 5.92 Å². The predicted molar refractivity (Wildman–Crippen MR) is 111 cm³/mol. The molecule has 0 spiro atoms. The van der Waals surface area contributed by atoms with Gasteiger partial charge < -0.3 is 15.3 Å². The second kappa shape index (κ2) is 9.52. The van der Waals surface area contributed by atoms with E-state index in [9.17, 15) is 9.90 Å². The van der Waals surface area contributed by atoms with Gasteiger partial charge in [0.25, 0.3) is 0 Å². The summed E-state index contributed by atoms with van der Waals surface area (Å²) in [5.41, 5.74) is 2.40. The fourth-order valence-corrected chi connectivity index (χ4v) is 4.78. The number of aliphatic hydroxyl groups is 1. The van der Waals surface area contributed by atoms with Gasteiger partial charge >= 0.3 is 0 Å². The highest BCUT2D eigenvalue weighted by atomic mass is 16.3. The van der Waals surface area contributed by atoms with Crippen LogP contribution in [0.3, 0.4) is 0 Å². The molecule has 4 heteroatoms. The standard InChI is InChI=1S/C23H34N2O2/c1-3-7-17-10-12-18(13-11-17)22-20(15-24-14-4-2)25(21(22)16-26)23(27)19-8-5-6-9-19/h3,7,10-13,19-22,24,26H,4-6,8-9,14-16H2,1-2H3/b7-3+/t20-,21+,22+/m0/s1. The van der Waals surface area contributed by atoms with Crippen molar-refractivity contribution < 1.29 is 9.90 Å². The lowest BCUT2D eigenvalue weighted by Crippen LogP contribution is -2.69. The molecular formula is C23H34N2O2. The number of benzene rings is 1. The van der Waals surface area contributed by atoms with Gasteiger partial charge in [-0.25, -0.2) is 0 Å². The molecule has 4 nitrogen and oxygen atoms in total. The van der Waals surface area contributed by atoms with Gasteiger partial charge in [0.05, 0.1) is 18.7 Å². The smallest absolute Gasteiger partial charge is 0.226 e. The number of amides is 1. The molecule has 1 heterocycles. The zero-order valence-corrected chi connectivity index (χ0v) is 16.7. The number of carbonyl (C=O) groups excluding carboxylic acids is 1. The molecule has 1 amide bonds. The summed E-state index contributed by atoms with van der Waals surface area (Å²) in [6.07, 6.45) is 9.52. The van der Waals surface area contributed by atoms with Crippen LogP contribution in [0.1, 0.15) is 63.0 Å². The summed E-state index contributed by atoms with van der Waals surface area (Å²) >= 11 is 0. The molecule has 0 radical (unpaired) electrons. The van der Waals surface area contributed by atoms with E-state index in [0.717, 1.165) is 45.2 Å². The number of likely N-dealkylation sites (tertiary alicyclic amines) is 1. The molecule has 1 saturated heterocycles. The van der Waals surface area contributed by atoms with Gasteiger partial charge in [0.1, 0.15) is 0 Å². The summed E-state index contributed by atoms with van der Waals surface area (Å²) in [6.45, 7) is 5.96. The van der Waals surface area contributed by atoms with Crippen molar-refractivity contribution in [3.05, 3.63) is 41.5 Å². The summed E-state index contributed by atoms with van der Waals surface area (Å²) < 4.78 is 0. The number of aliphatic hydroxyl groups excluding tert-OH is 1. The van der Waals surface area contributed by atoms with Crippen LogP contribution in [0, 0.1) is 5.92 Å². The van der Waals surface area contributed by atoms with Gasteiger partial charge in [-0.15, -0.1) is 0 Å². The van der Waals surface area contributed by atoms with Crippen LogP contribution in [0.2, 0.25) is 0 Å². The van der Waals surface area contributed by atoms with E-state index in [4.69, 9.17) is 0 Å². The molecular weight excluding hydrogens is 336 g/mol. The Bertz CT molecular complexity index is 634. The summed E-state index contributed by atoms with van der Waals surface area (Å²) in [5.74, 6) is 0.617. The predicted octanol–water partition coefficient (Wildman–Crippen LogP) is 3.56. The summed E-state index contributed by atoms with van der Waals surface area (Å²) in [6, 6.07) is 8.61. The van der Waals surface area contributed by atoms with E-state index in [-0.39, 0.29) is 36.4 Å². The highest BCUT2D eigenvalue weighted by molar-refractivity contribution is 5.81. The maximum Gasteiger partial charge on any atom is 0.226 e. The molecule has 0 unspecified atom stereocenters. The Balaban J connectivity index is 1.80. The lowest BCUT2D eigenvalue weighted by Gasteiger charge is -2.56. The summed E-state index contributed by atoms with van der Waals surface area (Å²) in [7, 11) is 0. The van der Waals surface area contributed by atoms with Crippen LogP contribution < -0.4 is 5.32 Å². The summed E-state index contributed by atoms with van der Waals surface area (Å²) in [4.78, 5) is 15.1. The van der Waals surface area contributed by atoms with E-state index in [1.54, 1.807) is 0 Å². The van der Waals surface area contributed by atoms with E-state index in [0.29, 0.717) is 0 Å². The quantitative estimate of drug-likeness (QED) is 0.688. The highest BCUT2D eigenvalue weighted by Crippen LogP contribution is 2.43. The average Bonchev–Trinajstić information content (AvgIpc) is 3.20. The van der Waals surface area contributed by atoms with Gasteiger partial charge in [0.15, 0.2) is 0 Å². The maximum absolute atomic E-state index is 13.1. The van der Waals surface area contributed by atoms with Crippen molar-refractivity contribution in [3.8, 4) is 0 Å². The van der Waals surface area contributed by atoms with Crippen LogP contribution >= 0.6 is 0 Å². The molecule has 1 aromatic carbocycles. The third-order valence-electron chi connectivity index (χ3n) is 6.15. The Kier molecular flexibility index (Phi) is 7.08. The van der Waals surface area contributed by atoms with Gasteiger partial charge in [0.2, 0.25) is 5.91 Å². The van der Waals surface area contributed by atoms with Crippen molar-refractivity contribution in [2.45, 2.75) is 64.0 Å². The molecule has 0 bridgehead atoms. The third kappa shape index (κ3) is 4.27. The first-order valence-electron chi connectivity index (χ1n) is 10.6. The maximum atomic E-state index is 13.1. The number of nitrogens with one attached hydrogen (secondary N) is 1. The molecule has 27 heavy (non-hydrogen) atoms. The van der Waals surface area contributed by atoms with E-state index in [1.807, 2.05) is 17.9 Å². The number of allylic oxidation sites excluding steroid dienone is 1. The van der Waals surface area contributed by atoms with Crippen LogP contribution in [0.15, 0.2) is 30.3 Å². The Labute approximate surface area is 163 Å². The van der Waals surface area contributed by atoms with Crippen molar-refractivity contribution >= 4 is 12.0 Å². The molecule has 148 valence electrons. The van der Waals surface area contributed by atoms with Crippen molar-refractivity contribution in [1.29, 1.82) is 0 Å². The minimum atomic E-state index is -0.0981. The Morgan fingerprint density at radius 2 is 1.93 bits per heavy atom. The molecule has 2 aliphatic rings. The van der Waals surface area contributed by atoms with Crippen LogP contribution in [-0.2, 0) is 4.79 Å². The van der Waals surface area contributed by atoms with Crippen LogP contribution in [0.25, 0.3) is 6.08 Å². The normalized spacial score (nSPS) is 25.9. The fourth-order valence-electron chi connectivity index (χ4n) is 4.78. The monoisotopic (exact) mass is 370 g/mol. The topological polar surface area (TPSA) is 52.6 Å². The number of hydrogen-bond donors (Lipinski definition) is 2. The van der Waals surface area contributed by atoms with Crippen LogP contribution in [0.4, 0.5) is 0 Å². The lowest BCUT2D eigenvalue weighted by atomic mass is 9.74. The second-order valence-corrected chi connectivity index (χ2v) is 7.94. The minimum Gasteiger partial charge on any atom is -0.394 e. The number of nitrogens with zero attached hydrogens (tertiary/aromatic N) is 1. The van der Waals surface area contributed by atoms with E-state index in [2.05, 4.69) is 42.6 Å². The molecule has 0 aromatic heterocycles. The molecule has 1 aromatic rings. The van der Waals surface area contributed by atoms with Gasteiger partial charge in [-0.1, -0.05) is 56.2 Å². The van der Waals surface area contributed by atoms with Crippen molar-refractivity contribution in [1.82, 2.24) is 10.2 Å².